The van der Waals surface area contributed by atoms with Crippen molar-refractivity contribution in [1.82, 2.24) is 10.4 Å². The summed E-state index contributed by atoms with van der Waals surface area (Å²) in [4.78, 5) is 27.7. The SMILES string of the molecule is COC(=O)c1ccc(/C=N/NC(=O)CSc2nc3ccccc3s2)cc1. The van der Waals surface area contributed by atoms with Crippen LogP contribution in [0.4, 0.5) is 0 Å². The molecular formula is C18H15N3O3S2. The van der Waals surface area contributed by atoms with Crippen molar-refractivity contribution in [2.45, 2.75) is 4.34 Å². The summed E-state index contributed by atoms with van der Waals surface area (Å²) < 4.78 is 6.59. The first-order valence-corrected chi connectivity index (χ1v) is 9.44. The van der Waals surface area contributed by atoms with Crippen molar-refractivity contribution in [1.29, 1.82) is 0 Å². The van der Waals surface area contributed by atoms with Crippen LogP contribution in [0, 0.1) is 0 Å². The summed E-state index contributed by atoms with van der Waals surface area (Å²) in [5, 5.41) is 3.92. The molecule has 0 aliphatic carbocycles. The molecule has 0 unspecified atom stereocenters. The van der Waals surface area contributed by atoms with Gasteiger partial charge in [-0.15, -0.1) is 11.3 Å². The molecule has 132 valence electrons. The number of nitrogens with zero attached hydrogens (tertiary/aromatic N) is 2. The minimum absolute atomic E-state index is 0.211. The lowest BCUT2D eigenvalue weighted by atomic mass is 10.1. The molecule has 2 aromatic carbocycles. The van der Waals surface area contributed by atoms with Crippen molar-refractivity contribution in [3.8, 4) is 0 Å². The van der Waals surface area contributed by atoms with E-state index in [9.17, 15) is 9.59 Å². The van der Waals surface area contributed by atoms with Gasteiger partial charge in [-0.25, -0.2) is 15.2 Å². The molecule has 0 spiro atoms. The van der Waals surface area contributed by atoms with Crippen LogP contribution in [-0.2, 0) is 9.53 Å². The van der Waals surface area contributed by atoms with Crippen molar-refractivity contribution < 1.29 is 14.3 Å². The van der Waals surface area contributed by atoms with Crippen LogP contribution in [0.15, 0.2) is 58.0 Å². The topological polar surface area (TPSA) is 80.6 Å². The third kappa shape index (κ3) is 4.68. The van der Waals surface area contributed by atoms with Gasteiger partial charge in [0.05, 0.1) is 34.9 Å². The molecule has 0 atom stereocenters. The lowest BCUT2D eigenvalue weighted by molar-refractivity contribution is -0.118. The van der Waals surface area contributed by atoms with Crippen LogP contribution in [0.25, 0.3) is 10.2 Å². The first-order chi connectivity index (χ1) is 12.7. The molecule has 3 rings (SSSR count). The number of thiazole rings is 1. The van der Waals surface area contributed by atoms with Crippen LogP contribution in [0.3, 0.4) is 0 Å². The zero-order valence-electron chi connectivity index (χ0n) is 13.8. The van der Waals surface area contributed by atoms with Gasteiger partial charge in [-0.2, -0.15) is 5.10 Å². The summed E-state index contributed by atoms with van der Waals surface area (Å²) in [6, 6.07) is 14.6. The molecule has 8 heteroatoms. The van der Waals surface area contributed by atoms with Gasteiger partial charge >= 0.3 is 5.97 Å². The van der Waals surface area contributed by atoms with Gasteiger partial charge in [0.25, 0.3) is 5.91 Å². The van der Waals surface area contributed by atoms with Crippen molar-refractivity contribution >= 4 is 51.4 Å². The van der Waals surface area contributed by atoms with Gasteiger partial charge in [0.1, 0.15) is 0 Å². The highest BCUT2D eigenvalue weighted by Crippen LogP contribution is 2.28. The molecule has 1 aromatic heterocycles. The number of aromatic nitrogens is 1. The van der Waals surface area contributed by atoms with E-state index in [4.69, 9.17) is 0 Å². The summed E-state index contributed by atoms with van der Waals surface area (Å²) in [5.74, 6) is -0.372. The van der Waals surface area contributed by atoms with Gasteiger partial charge in [-0.1, -0.05) is 36.0 Å². The Morgan fingerprint density at radius 1 is 1.23 bits per heavy atom. The van der Waals surface area contributed by atoms with E-state index in [1.165, 1.54) is 25.1 Å². The molecule has 0 bridgehead atoms. The van der Waals surface area contributed by atoms with E-state index in [1.54, 1.807) is 35.6 Å². The summed E-state index contributed by atoms with van der Waals surface area (Å²) in [6.07, 6.45) is 1.52. The second kappa shape index (κ2) is 8.59. The summed E-state index contributed by atoms with van der Waals surface area (Å²) in [7, 11) is 1.33. The number of carbonyl (C=O) groups is 2. The fourth-order valence-electron chi connectivity index (χ4n) is 2.07. The predicted molar refractivity (Wildman–Crippen MR) is 104 cm³/mol. The fourth-order valence-corrected chi connectivity index (χ4v) is 3.94. The number of hydrazone groups is 1. The quantitative estimate of drug-likeness (QED) is 0.305. The first kappa shape index (κ1) is 18.1. The summed E-state index contributed by atoms with van der Waals surface area (Å²) >= 11 is 2.94. The Morgan fingerprint density at radius 2 is 2.00 bits per heavy atom. The third-order valence-corrected chi connectivity index (χ3v) is 5.52. The molecule has 1 amide bonds. The minimum atomic E-state index is -0.395. The maximum absolute atomic E-state index is 11.9. The Morgan fingerprint density at radius 3 is 2.73 bits per heavy atom. The number of para-hydroxylation sites is 1. The van der Waals surface area contributed by atoms with E-state index in [1.807, 2.05) is 24.3 Å². The molecule has 1 heterocycles. The second-order valence-corrected chi connectivity index (χ2v) is 7.40. The molecule has 0 radical (unpaired) electrons. The Balaban J connectivity index is 1.48. The number of ether oxygens (including phenoxy) is 1. The fraction of sp³-hybridized carbons (Fsp3) is 0.111. The summed E-state index contributed by atoms with van der Waals surface area (Å²) in [5.41, 5.74) is 4.64. The average Bonchev–Trinajstić information content (AvgIpc) is 3.09. The van der Waals surface area contributed by atoms with E-state index < -0.39 is 5.97 Å². The van der Waals surface area contributed by atoms with Crippen molar-refractivity contribution in [3.05, 3.63) is 59.7 Å². The van der Waals surface area contributed by atoms with Gasteiger partial charge in [0.2, 0.25) is 0 Å². The largest absolute Gasteiger partial charge is 0.465 e. The lowest BCUT2D eigenvalue weighted by Crippen LogP contribution is -2.19. The van der Waals surface area contributed by atoms with Gasteiger partial charge in [0, 0.05) is 0 Å². The number of thioether (sulfide) groups is 1. The van der Waals surface area contributed by atoms with Crippen LogP contribution < -0.4 is 5.43 Å². The maximum Gasteiger partial charge on any atom is 0.337 e. The van der Waals surface area contributed by atoms with Gasteiger partial charge < -0.3 is 4.74 Å². The van der Waals surface area contributed by atoms with Crippen LogP contribution >= 0.6 is 23.1 Å². The number of carbonyl (C=O) groups excluding carboxylic acids is 2. The first-order valence-electron chi connectivity index (χ1n) is 7.64. The van der Waals surface area contributed by atoms with Crippen molar-refractivity contribution in [2.24, 2.45) is 5.10 Å². The predicted octanol–water partition coefficient (Wildman–Crippen LogP) is 3.33. The van der Waals surface area contributed by atoms with E-state index in [0.29, 0.717) is 5.56 Å². The summed E-state index contributed by atoms with van der Waals surface area (Å²) in [6.45, 7) is 0. The highest BCUT2D eigenvalue weighted by atomic mass is 32.2. The van der Waals surface area contributed by atoms with Gasteiger partial charge in [-0.3, -0.25) is 4.79 Å². The normalized spacial score (nSPS) is 11.0. The second-order valence-electron chi connectivity index (χ2n) is 5.14. The number of fused-ring (bicyclic) bond motifs is 1. The number of rotatable bonds is 6. The van der Waals surface area contributed by atoms with E-state index in [0.717, 1.165) is 20.1 Å². The average molecular weight is 385 g/mol. The molecule has 0 aliphatic heterocycles. The van der Waals surface area contributed by atoms with E-state index >= 15 is 0 Å². The number of hydrogen-bond acceptors (Lipinski definition) is 7. The zero-order chi connectivity index (χ0) is 18.4. The Bertz CT molecular complexity index is 919. The number of methoxy groups -OCH3 is 1. The lowest BCUT2D eigenvalue weighted by Gasteiger charge is -2.00. The smallest absolute Gasteiger partial charge is 0.337 e. The Labute approximate surface area is 158 Å². The number of benzene rings is 2. The number of esters is 1. The molecule has 0 saturated carbocycles. The van der Waals surface area contributed by atoms with Crippen molar-refractivity contribution in [2.75, 3.05) is 12.9 Å². The molecule has 0 saturated heterocycles. The molecular weight excluding hydrogens is 370 g/mol. The van der Waals surface area contributed by atoms with Gasteiger partial charge in [0.15, 0.2) is 4.34 Å². The molecule has 1 N–H and O–H groups in total. The van der Waals surface area contributed by atoms with Crippen LogP contribution in [-0.4, -0.2) is 35.9 Å². The number of hydrogen-bond donors (Lipinski definition) is 1. The Kier molecular flexibility index (Phi) is 5.98. The molecule has 3 aromatic rings. The molecule has 0 fully saturated rings. The zero-order valence-corrected chi connectivity index (χ0v) is 15.5. The maximum atomic E-state index is 11.9. The van der Waals surface area contributed by atoms with Crippen LogP contribution in [0.5, 0.6) is 0 Å². The van der Waals surface area contributed by atoms with E-state index in [-0.39, 0.29) is 11.7 Å². The van der Waals surface area contributed by atoms with Crippen molar-refractivity contribution in [3.63, 3.8) is 0 Å². The number of nitrogens with one attached hydrogen (secondary N) is 1. The van der Waals surface area contributed by atoms with Crippen LogP contribution in [0.1, 0.15) is 15.9 Å². The number of amides is 1. The van der Waals surface area contributed by atoms with E-state index in [2.05, 4.69) is 20.2 Å². The van der Waals surface area contributed by atoms with Gasteiger partial charge in [-0.05, 0) is 29.8 Å². The Hall–Kier alpha value is -2.71. The third-order valence-electron chi connectivity index (χ3n) is 3.34. The highest BCUT2D eigenvalue weighted by Gasteiger charge is 2.07. The highest BCUT2D eigenvalue weighted by molar-refractivity contribution is 8.01. The van der Waals surface area contributed by atoms with Crippen LogP contribution in [0.2, 0.25) is 0 Å². The molecule has 26 heavy (non-hydrogen) atoms. The molecule has 6 nitrogen and oxygen atoms in total. The standard InChI is InChI=1S/C18H15N3O3S2/c1-24-17(23)13-8-6-12(7-9-13)10-19-21-16(22)11-25-18-20-14-4-2-3-5-15(14)26-18/h2-10H,11H2,1H3,(H,21,22)/b19-10+. The molecule has 0 aliphatic rings. The monoisotopic (exact) mass is 385 g/mol. The minimum Gasteiger partial charge on any atom is -0.465 e.